The van der Waals surface area contributed by atoms with E-state index in [1.807, 2.05) is 39.0 Å². The fraction of sp³-hybridized carbons (Fsp3) is 0.550. The topological polar surface area (TPSA) is 44.8 Å². The largest absolute Gasteiger partial charge is 0.466 e. The van der Waals surface area contributed by atoms with Crippen molar-refractivity contribution in [2.45, 2.75) is 65.0 Å². The lowest BCUT2D eigenvalue weighted by Gasteiger charge is -2.24. The molecule has 1 rings (SSSR count). The van der Waals surface area contributed by atoms with Crippen molar-refractivity contribution in [3.8, 4) is 5.75 Å². The minimum Gasteiger partial charge on any atom is -0.466 e. The van der Waals surface area contributed by atoms with Crippen molar-refractivity contribution in [3.63, 3.8) is 0 Å². The highest BCUT2D eigenvalue weighted by Crippen LogP contribution is 2.28. The summed E-state index contributed by atoms with van der Waals surface area (Å²) in [5, 5.41) is 0. The van der Waals surface area contributed by atoms with Gasteiger partial charge in [0.15, 0.2) is 0 Å². The fourth-order valence-corrected chi connectivity index (χ4v) is 2.43. The van der Waals surface area contributed by atoms with Gasteiger partial charge >= 0.3 is 5.97 Å². The second-order valence-electron chi connectivity index (χ2n) is 5.85. The van der Waals surface area contributed by atoms with Crippen molar-refractivity contribution in [3.05, 3.63) is 41.2 Å². The Kier molecular flexibility index (Phi) is 9.65. The van der Waals surface area contributed by atoms with E-state index in [2.05, 4.69) is 22.9 Å². The van der Waals surface area contributed by atoms with Crippen LogP contribution in [0.5, 0.6) is 5.75 Å². The van der Waals surface area contributed by atoms with Gasteiger partial charge in [-0.15, -0.1) is 0 Å². The zero-order chi connectivity index (χ0) is 18.8. The van der Waals surface area contributed by atoms with Crippen molar-refractivity contribution < 1.29 is 19.0 Å². The number of esters is 1. The Bertz CT molecular complexity index is 583. The standard InChI is InChI=1S/C20H29BrO4/c1-6-9-10-24-20(17(21)7-2)25-18-12-15(5)14(4)11-16(18)13-19(22)23-8-3/h9-12,17,20H,6-8,13H2,1-5H3/b10-9-. The summed E-state index contributed by atoms with van der Waals surface area (Å²) < 4.78 is 17.0. The molecule has 0 amide bonds. The van der Waals surface area contributed by atoms with Crippen molar-refractivity contribution in [2.24, 2.45) is 0 Å². The maximum atomic E-state index is 11.9. The number of halogens is 1. The Balaban J connectivity index is 3.07. The summed E-state index contributed by atoms with van der Waals surface area (Å²) >= 11 is 3.61. The van der Waals surface area contributed by atoms with Crippen LogP contribution in [0.1, 0.15) is 50.3 Å². The molecule has 4 nitrogen and oxygen atoms in total. The quantitative estimate of drug-likeness (QED) is 0.228. The maximum Gasteiger partial charge on any atom is 0.310 e. The third kappa shape index (κ3) is 7.10. The summed E-state index contributed by atoms with van der Waals surface area (Å²) in [5.74, 6) is 0.397. The molecule has 2 unspecified atom stereocenters. The predicted molar refractivity (Wildman–Crippen MR) is 104 cm³/mol. The van der Waals surface area contributed by atoms with Crippen molar-refractivity contribution in [2.75, 3.05) is 6.61 Å². The van der Waals surface area contributed by atoms with Gasteiger partial charge in [-0.3, -0.25) is 4.79 Å². The van der Waals surface area contributed by atoms with E-state index in [9.17, 15) is 4.79 Å². The van der Waals surface area contributed by atoms with Gasteiger partial charge in [0.25, 0.3) is 6.29 Å². The van der Waals surface area contributed by atoms with Crippen LogP contribution in [0.4, 0.5) is 0 Å². The van der Waals surface area contributed by atoms with Crippen LogP contribution in [0.25, 0.3) is 0 Å². The molecule has 0 radical (unpaired) electrons. The van der Waals surface area contributed by atoms with Crippen molar-refractivity contribution in [1.82, 2.24) is 0 Å². The molecule has 1 aromatic rings. The molecule has 0 aliphatic heterocycles. The maximum absolute atomic E-state index is 11.9. The van der Waals surface area contributed by atoms with Crippen LogP contribution in [-0.2, 0) is 20.7 Å². The number of hydrogen-bond acceptors (Lipinski definition) is 4. The summed E-state index contributed by atoms with van der Waals surface area (Å²) in [6.07, 6.45) is 5.05. The van der Waals surface area contributed by atoms with Gasteiger partial charge in [0, 0.05) is 5.56 Å². The molecule has 2 atom stereocenters. The monoisotopic (exact) mass is 412 g/mol. The first-order chi connectivity index (χ1) is 11.9. The second-order valence-corrected chi connectivity index (χ2v) is 7.03. The van der Waals surface area contributed by atoms with Crippen molar-refractivity contribution in [1.29, 1.82) is 0 Å². The Morgan fingerprint density at radius 1 is 1.20 bits per heavy atom. The molecule has 25 heavy (non-hydrogen) atoms. The van der Waals surface area contributed by atoms with Gasteiger partial charge in [0.05, 0.1) is 24.1 Å². The number of aryl methyl sites for hydroxylation is 2. The van der Waals surface area contributed by atoms with Gasteiger partial charge in [-0.2, -0.15) is 0 Å². The molecule has 140 valence electrons. The Morgan fingerprint density at radius 3 is 2.48 bits per heavy atom. The van der Waals surface area contributed by atoms with E-state index in [0.717, 1.165) is 29.5 Å². The molecular formula is C20H29BrO4. The second kappa shape index (κ2) is 11.2. The zero-order valence-corrected chi connectivity index (χ0v) is 17.4. The van der Waals surface area contributed by atoms with E-state index in [-0.39, 0.29) is 17.2 Å². The number of ether oxygens (including phenoxy) is 3. The fourth-order valence-electron chi connectivity index (χ4n) is 2.20. The number of carbonyl (C=O) groups is 1. The lowest BCUT2D eigenvalue weighted by molar-refractivity contribution is -0.142. The van der Waals surface area contributed by atoms with E-state index in [4.69, 9.17) is 14.2 Å². The SMILES string of the molecule is CC/C=C\OC(Oc1cc(C)c(C)cc1CC(=O)OCC)C(Br)CC. The molecule has 0 aromatic heterocycles. The number of benzene rings is 1. The highest BCUT2D eigenvalue weighted by molar-refractivity contribution is 9.09. The molecule has 0 heterocycles. The predicted octanol–water partition coefficient (Wildman–Crippen LogP) is 5.23. The van der Waals surface area contributed by atoms with Gasteiger partial charge in [-0.05, 0) is 56.9 Å². The van der Waals surface area contributed by atoms with Crippen LogP contribution in [0.2, 0.25) is 0 Å². The van der Waals surface area contributed by atoms with E-state index >= 15 is 0 Å². The molecule has 0 aliphatic rings. The first-order valence-corrected chi connectivity index (χ1v) is 9.71. The lowest BCUT2D eigenvalue weighted by atomic mass is 10.0. The smallest absolute Gasteiger partial charge is 0.310 e. The summed E-state index contributed by atoms with van der Waals surface area (Å²) in [6, 6.07) is 3.94. The number of alkyl halides is 1. The minimum atomic E-state index is -0.476. The normalized spacial score (nSPS) is 13.5. The molecule has 0 saturated heterocycles. The summed E-state index contributed by atoms with van der Waals surface area (Å²) in [4.78, 5) is 12.0. The highest BCUT2D eigenvalue weighted by atomic mass is 79.9. The first-order valence-electron chi connectivity index (χ1n) is 8.79. The van der Waals surface area contributed by atoms with E-state index in [0.29, 0.717) is 12.4 Å². The van der Waals surface area contributed by atoms with Gasteiger partial charge in [-0.1, -0.05) is 35.8 Å². The molecular weight excluding hydrogens is 384 g/mol. The van der Waals surface area contributed by atoms with Gasteiger partial charge in [0.2, 0.25) is 0 Å². The molecule has 0 fully saturated rings. The minimum absolute atomic E-state index is 0.0334. The van der Waals surface area contributed by atoms with Crippen LogP contribution >= 0.6 is 15.9 Å². The molecule has 0 saturated carbocycles. The van der Waals surface area contributed by atoms with E-state index in [1.165, 1.54) is 0 Å². The van der Waals surface area contributed by atoms with Gasteiger partial charge < -0.3 is 14.2 Å². The number of carbonyl (C=O) groups excluding carboxylic acids is 1. The van der Waals surface area contributed by atoms with Crippen LogP contribution in [0, 0.1) is 13.8 Å². The average Bonchev–Trinajstić information content (AvgIpc) is 2.57. The van der Waals surface area contributed by atoms with Crippen LogP contribution in [0.15, 0.2) is 24.5 Å². The molecule has 0 spiro atoms. The highest BCUT2D eigenvalue weighted by Gasteiger charge is 2.22. The molecule has 0 N–H and O–H groups in total. The molecule has 1 aromatic carbocycles. The zero-order valence-electron chi connectivity index (χ0n) is 15.8. The molecule has 0 aliphatic carbocycles. The Hall–Kier alpha value is -1.49. The third-order valence-electron chi connectivity index (χ3n) is 3.79. The Morgan fingerprint density at radius 2 is 1.88 bits per heavy atom. The van der Waals surface area contributed by atoms with E-state index in [1.54, 1.807) is 13.2 Å². The van der Waals surface area contributed by atoms with Crippen molar-refractivity contribution >= 4 is 21.9 Å². The Labute approximate surface area is 159 Å². The summed E-state index contributed by atoms with van der Waals surface area (Å²) in [7, 11) is 0. The van der Waals surface area contributed by atoms with Gasteiger partial charge in [0.1, 0.15) is 5.75 Å². The van der Waals surface area contributed by atoms with Crippen LogP contribution in [-0.4, -0.2) is 23.7 Å². The number of rotatable bonds is 10. The van der Waals surface area contributed by atoms with Crippen LogP contribution < -0.4 is 4.74 Å². The average molecular weight is 413 g/mol. The van der Waals surface area contributed by atoms with E-state index < -0.39 is 6.29 Å². The van der Waals surface area contributed by atoms with Gasteiger partial charge in [-0.25, -0.2) is 0 Å². The number of allylic oxidation sites excluding steroid dienone is 1. The first kappa shape index (κ1) is 21.6. The summed E-state index contributed by atoms with van der Waals surface area (Å²) in [6.45, 7) is 10.3. The molecule has 5 heteroatoms. The third-order valence-corrected chi connectivity index (χ3v) is 4.87. The molecule has 0 bridgehead atoms. The summed E-state index contributed by atoms with van der Waals surface area (Å²) in [5.41, 5.74) is 3.03. The lowest BCUT2D eigenvalue weighted by Crippen LogP contribution is -2.29. The van der Waals surface area contributed by atoms with Crippen LogP contribution in [0.3, 0.4) is 0 Å². The number of hydrogen-bond donors (Lipinski definition) is 0.